The first kappa shape index (κ1) is 18.5. The molecule has 1 aliphatic carbocycles. The molecular weight excluding hydrogens is 376 g/mol. The van der Waals surface area contributed by atoms with Gasteiger partial charge in [0, 0.05) is 46.0 Å². The van der Waals surface area contributed by atoms with Gasteiger partial charge in [0.2, 0.25) is 0 Å². The summed E-state index contributed by atoms with van der Waals surface area (Å²) in [5.74, 6) is -0.323. The lowest BCUT2D eigenvalue weighted by Gasteiger charge is -2.32. The normalized spacial score (nSPS) is 19.3. The molecule has 1 fully saturated rings. The second kappa shape index (κ2) is 8.02. The highest BCUT2D eigenvalue weighted by Crippen LogP contribution is 2.22. The Balaban J connectivity index is 1.46. The summed E-state index contributed by atoms with van der Waals surface area (Å²) in [5, 5.41) is 7.68. The molecule has 0 aliphatic heterocycles. The molecule has 2 atom stereocenters. The van der Waals surface area contributed by atoms with Crippen molar-refractivity contribution in [2.45, 2.75) is 37.8 Å². The third kappa shape index (κ3) is 4.02. The predicted octanol–water partition coefficient (Wildman–Crippen LogP) is 3.69. The van der Waals surface area contributed by atoms with Crippen molar-refractivity contribution in [3.63, 3.8) is 0 Å². The molecule has 1 aliphatic rings. The van der Waals surface area contributed by atoms with Gasteiger partial charge in [-0.2, -0.15) is 0 Å². The van der Waals surface area contributed by atoms with E-state index in [2.05, 4.69) is 20.6 Å². The fourth-order valence-corrected chi connectivity index (χ4v) is 3.88. The number of benzene rings is 1. The van der Waals surface area contributed by atoms with E-state index in [9.17, 15) is 9.59 Å². The highest BCUT2D eigenvalue weighted by atomic mass is 35.5. The predicted molar refractivity (Wildman–Crippen MR) is 109 cm³/mol. The molecule has 0 unspecified atom stereocenters. The van der Waals surface area contributed by atoms with Crippen LogP contribution >= 0.6 is 11.6 Å². The van der Waals surface area contributed by atoms with Crippen LogP contribution in [0.3, 0.4) is 0 Å². The molecule has 0 radical (unpaired) electrons. The van der Waals surface area contributed by atoms with E-state index in [1.165, 1.54) is 0 Å². The smallest absolute Gasteiger partial charge is 0.268 e. The van der Waals surface area contributed by atoms with Gasteiger partial charge in [0.15, 0.2) is 0 Å². The molecule has 2 aromatic heterocycles. The molecule has 2 heterocycles. The number of aromatic amines is 1. The first-order valence-corrected chi connectivity index (χ1v) is 9.78. The van der Waals surface area contributed by atoms with E-state index in [4.69, 9.17) is 11.6 Å². The molecule has 4 rings (SSSR count). The van der Waals surface area contributed by atoms with Crippen LogP contribution < -0.4 is 10.6 Å². The van der Waals surface area contributed by atoms with Crippen LogP contribution in [-0.2, 0) is 0 Å². The number of hydrogen-bond donors (Lipinski definition) is 3. The summed E-state index contributed by atoms with van der Waals surface area (Å²) in [6.07, 6.45) is 6.91. The van der Waals surface area contributed by atoms with Crippen molar-refractivity contribution in [2.24, 2.45) is 0 Å². The molecule has 3 aromatic rings. The summed E-state index contributed by atoms with van der Waals surface area (Å²) in [5.41, 5.74) is 1.92. The van der Waals surface area contributed by atoms with E-state index in [1.54, 1.807) is 36.7 Å². The van der Waals surface area contributed by atoms with Gasteiger partial charge in [-0.05, 0) is 49.2 Å². The van der Waals surface area contributed by atoms with Crippen LogP contribution in [0.1, 0.15) is 46.5 Å². The molecule has 28 heavy (non-hydrogen) atoms. The number of hydrogen-bond acceptors (Lipinski definition) is 3. The Kier molecular flexibility index (Phi) is 5.30. The summed E-state index contributed by atoms with van der Waals surface area (Å²) in [6.45, 7) is 0. The average molecular weight is 397 g/mol. The van der Waals surface area contributed by atoms with Crippen LogP contribution in [0, 0.1) is 0 Å². The maximum Gasteiger partial charge on any atom is 0.268 e. The van der Waals surface area contributed by atoms with Crippen molar-refractivity contribution < 1.29 is 9.59 Å². The largest absolute Gasteiger partial charge is 0.351 e. The lowest BCUT2D eigenvalue weighted by molar-refractivity contribution is 0.0860. The van der Waals surface area contributed by atoms with Crippen molar-refractivity contribution >= 4 is 34.3 Å². The first-order valence-electron chi connectivity index (χ1n) is 9.40. The zero-order valence-corrected chi connectivity index (χ0v) is 16.0. The number of aromatic nitrogens is 2. The number of amides is 2. The van der Waals surface area contributed by atoms with Gasteiger partial charge in [-0.25, -0.2) is 0 Å². The van der Waals surface area contributed by atoms with Gasteiger partial charge in [-0.3, -0.25) is 14.6 Å². The summed E-state index contributed by atoms with van der Waals surface area (Å²) < 4.78 is 0. The van der Waals surface area contributed by atoms with Crippen LogP contribution in [0.5, 0.6) is 0 Å². The van der Waals surface area contributed by atoms with Crippen LogP contribution in [0.4, 0.5) is 0 Å². The van der Waals surface area contributed by atoms with Gasteiger partial charge in [-0.15, -0.1) is 0 Å². The minimum atomic E-state index is -0.178. The number of fused-ring (bicyclic) bond motifs is 1. The Morgan fingerprint density at radius 1 is 0.964 bits per heavy atom. The fourth-order valence-electron chi connectivity index (χ4n) is 3.70. The lowest BCUT2D eigenvalue weighted by atomic mass is 9.90. The molecule has 0 saturated heterocycles. The molecule has 0 bridgehead atoms. The van der Waals surface area contributed by atoms with Crippen molar-refractivity contribution in [3.8, 4) is 0 Å². The monoisotopic (exact) mass is 396 g/mol. The molecule has 7 heteroatoms. The number of nitrogens with zero attached hydrogens (tertiary/aromatic N) is 1. The maximum absolute atomic E-state index is 12.8. The van der Waals surface area contributed by atoms with Crippen molar-refractivity contribution in [1.82, 2.24) is 20.6 Å². The number of H-pyrrole nitrogens is 1. The minimum absolute atomic E-state index is 0.0998. The standard InChI is InChI=1S/C21H21ClN4O2/c22-15-5-6-16-14(11-15)12-19(24-16)21(28)26-18-4-2-1-3-17(18)25-20(27)13-7-9-23-10-8-13/h5-12,17-18,24H,1-4H2,(H,25,27)(H,26,28)/t17-,18+/m0/s1. The highest BCUT2D eigenvalue weighted by molar-refractivity contribution is 6.31. The summed E-state index contributed by atoms with van der Waals surface area (Å²) in [7, 11) is 0. The number of halogens is 1. The number of carbonyl (C=O) groups is 2. The SMILES string of the molecule is O=C(N[C@H]1CCCC[C@H]1NC(=O)c1cc2cc(Cl)ccc2[nH]1)c1ccncc1. The van der Waals surface area contributed by atoms with Gasteiger partial charge >= 0.3 is 0 Å². The zero-order chi connectivity index (χ0) is 19.5. The molecular formula is C21H21ClN4O2. The second-order valence-electron chi connectivity index (χ2n) is 7.09. The molecule has 144 valence electrons. The zero-order valence-electron chi connectivity index (χ0n) is 15.2. The Morgan fingerprint density at radius 3 is 2.36 bits per heavy atom. The van der Waals surface area contributed by atoms with E-state index in [1.807, 2.05) is 12.1 Å². The number of nitrogens with one attached hydrogen (secondary N) is 3. The van der Waals surface area contributed by atoms with E-state index in [0.717, 1.165) is 36.6 Å². The quantitative estimate of drug-likeness (QED) is 0.628. The minimum Gasteiger partial charge on any atom is -0.351 e. The third-order valence-corrected chi connectivity index (χ3v) is 5.40. The van der Waals surface area contributed by atoms with E-state index in [-0.39, 0.29) is 23.9 Å². The Bertz CT molecular complexity index is 1000. The van der Waals surface area contributed by atoms with Crippen molar-refractivity contribution in [3.05, 3.63) is 65.1 Å². The number of rotatable bonds is 4. The molecule has 0 spiro atoms. The van der Waals surface area contributed by atoms with E-state index >= 15 is 0 Å². The molecule has 3 N–H and O–H groups in total. The fraction of sp³-hybridized carbons (Fsp3) is 0.286. The molecule has 6 nitrogen and oxygen atoms in total. The van der Waals surface area contributed by atoms with Gasteiger partial charge in [-0.1, -0.05) is 24.4 Å². The van der Waals surface area contributed by atoms with Crippen LogP contribution in [0.25, 0.3) is 10.9 Å². The van der Waals surface area contributed by atoms with Gasteiger partial charge in [0.1, 0.15) is 5.69 Å². The topological polar surface area (TPSA) is 86.9 Å². The maximum atomic E-state index is 12.8. The molecule has 1 aromatic carbocycles. The van der Waals surface area contributed by atoms with Crippen molar-refractivity contribution in [2.75, 3.05) is 0 Å². The number of carbonyl (C=O) groups excluding carboxylic acids is 2. The average Bonchev–Trinajstić information content (AvgIpc) is 3.13. The van der Waals surface area contributed by atoms with E-state index in [0.29, 0.717) is 16.3 Å². The summed E-state index contributed by atoms with van der Waals surface area (Å²) in [6, 6.07) is 10.4. The third-order valence-electron chi connectivity index (χ3n) is 5.17. The highest BCUT2D eigenvalue weighted by Gasteiger charge is 2.28. The van der Waals surface area contributed by atoms with Crippen molar-refractivity contribution in [1.29, 1.82) is 0 Å². The Morgan fingerprint density at radius 2 is 1.64 bits per heavy atom. The van der Waals surface area contributed by atoms with Gasteiger partial charge in [0.25, 0.3) is 11.8 Å². The summed E-state index contributed by atoms with van der Waals surface area (Å²) >= 11 is 6.02. The Labute approximate surface area is 167 Å². The first-order chi connectivity index (χ1) is 13.6. The van der Waals surface area contributed by atoms with Crippen LogP contribution in [0.2, 0.25) is 5.02 Å². The van der Waals surface area contributed by atoms with Crippen LogP contribution in [-0.4, -0.2) is 33.9 Å². The number of pyridine rings is 1. The van der Waals surface area contributed by atoms with Crippen LogP contribution in [0.15, 0.2) is 48.8 Å². The van der Waals surface area contributed by atoms with E-state index < -0.39 is 0 Å². The Hall–Kier alpha value is -2.86. The second-order valence-corrected chi connectivity index (χ2v) is 7.53. The molecule has 2 amide bonds. The van der Waals surface area contributed by atoms with Gasteiger partial charge < -0.3 is 15.6 Å². The lowest BCUT2D eigenvalue weighted by Crippen LogP contribution is -2.53. The summed E-state index contributed by atoms with van der Waals surface area (Å²) in [4.78, 5) is 32.3. The van der Waals surface area contributed by atoms with Gasteiger partial charge in [0.05, 0.1) is 0 Å². The molecule has 1 saturated carbocycles.